The zero-order valence-corrected chi connectivity index (χ0v) is 15.6. The van der Waals surface area contributed by atoms with Gasteiger partial charge in [-0.1, -0.05) is 18.2 Å². The van der Waals surface area contributed by atoms with Crippen LogP contribution >= 0.6 is 0 Å². The van der Waals surface area contributed by atoms with E-state index < -0.39 is 11.2 Å². The van der Waals surface area contributed by atoms with Gasteiger partial charge in [-0.05, 0) is 25.0 Å². The average Bonchev–Trinajstić information content (AvgIpc) is 3.33. The molecule has 0 spiro atoms. The summed E-state index contributed by atoms with van der Waals surface area (Å²) in [4.78, 5) is 45.1. The molecule has 4 rings (SSSR count). The van der Waals surface area contributed by atoms with E-state index in [0.717, 1.165) is 18.5 Å². The van der Waals surface area contributed by atoms with Crippen molar-refractivity contribution in [2.24, 2.45) is 7.05 Å². The maximum Gasteiger partial charge on any atom is 0.329 e. The normalized spacial score (nSPS) is 16.6. The van der Waals surface area contributed by atoms with E-state index in [9.17, 15) is 14.4 Å². The molecule has 0 unspecified atom stereocenters. The van der Waals surface area contributed by atoms with Crippen molar-refractivity contribution in [2.75, 3.05) is 18.4 Å². The monoisotopic (exact) mass is 382 g/mol. The molecule has 2 aromatic heterocycles. The van der Waals surface area contributed by atoms with Gasteiger partial charge in [0.2, 0.25) is 5.91 Å². The number of aromatic amines is 1. The highest BCUT2D eigenvalue weighted by Crippen LogP contribution is 2.19. The molecule has 1 atom stereocenters. The zero-order valence-electron chi connectivity index (χ0n) is 15.6. The molecule has 1 aliphatic heterocycles. The number of benzene rings is 1. The number of fused-ring (bicyclic) bond motifs is 1. The number of hydrogen-bond acceptors (Lipinski definition) is 5. The van der Waals surface area contributed by atoms with Crippen molar-refractivity contribution in [3.63, 3.8) is 0 Å². The number of rotatable bonds is 5. The summed E-state index contributed by atoms with van der Waals surface area (Å²) in [6.45, 7) is 1.39. The van der Waals surface area contributed by atoms with Crippen LogP contribution in [0.4, 0.5) is 5.69 Å². The van der Waals surface area contributed by atoms with E-state index in [2.05, 4.69) is 15.3 Å². The molecule has 3 aromatic rings. The third kappa shape index (κ3) is 3.30. The summed E-state index contributed by atoms with van der Waals surface area (Å²) in [5.74, 6) is -0.0649. The van der Waals surface area contributed by atoms with Crippen LogP contribution in [0.1, 0.15) is 12.8 Å². The smallest absolute Gasteiger partial charge is 0.329 e. The lowest BCUT2D eigenvalue weighted by atomic mass is 10.2. The molecule has 3 heterocycles. The number of anilines is 1. The van der Waals surface area contributed by atoms with E-state index in [1.54, 1.807) is 0 Å². The maximum absolute atomic E-state index is 12.9. The molecular weight excluding hydrogens is 360 g/mol. The van der Waals surface area contributed by atoms with E-state index in [1.807, 2.05) is 35.2 Å². The summed E-state index contributed by atoms with van der Waals surface area (Å²) in [5.41, 5.74) is 0.460. The molecule has 9 nitrogen and oxygen atoms in total. The largest absolute Gasteiger partial charge is 0.383 e. The fourth-order valence-electron chi connectivity index (χ4n) is 3.71. The van der Waals surface area contributed by atoms with Crippen LogP contribution in [0.3, 0.4) is 0 Å². The first-order chi connectivity index (χ1) is 13.5. The van der Waals surface area contributed by atoms with Crippen LogP contribution in [-0.4, -0.2) is 49.0 Å². The van der Waals surface area contributed by atoms with Gasteiger partial charge in [-0.25, -0.2) is 9.78 Å². The van der Waals surface area contributed by atoms with Gasteiger partial charge >= 0.3 is 5.69 Å². The molecule has 1 saturated heterocycles. The number of imidazole rings is 1. The van der Waals surface area contributed by atoms with Gasteiger partial charge in [-0.3, -0.25) is 19.1 Å². The Balaban J connectivity index is 1.50. The molecule has 9 heteroatoms. The molecule has 2 N–H and O–H groups in total. The average molecular weight is 382 g/mol. The number of likely N-dealkylation sites (tertiary alicyclic amines) is 1. The van der Waals surface area contributed by atoms with Gasteiger partial charge in [-0.2, -0.15) is 0 Å². The Labute approximate surface area is 160 Å². The topological polar surface area (TPSA) is 105 Å². The lowest BCUT2D eigenvalue weighted by Gasteiger charge is -2.25. The third-order valence-electron chi connectivity index (χ3n) is 5.19. The van der Waals surface area contributed by atoms with Crippen LogP contribution < -0.4 is 16.6 Å². The Morgan fingerprint density at radius 1 is 1.29 bits per heavy atom. The lowest BCUT2D eigenvalue weighted by molar-refractivity contribution is -0.132. The molecular formula is C19H22N6O3. The Morgan fingerprint density at radius 2 is 2.07 bits per heavy atom. The number of para-hydroxylation sites is 1. The van der Waals surface area contributed by atoms with Gasteiger partial charge in [0.25, 0.3) is 5.56 Å². The van der Waals surface area contributed by atoms with Crippen LogP contribution in [0.5, 0.6) is 0 Å². The number of H-pyrrole nitrogens is 1. The molecule has 28 heavy (non-hydrogen) atoms. The number of aryl methyl sites for hydroxylation is 1. The quantitative estimate of drug-likeness (QED) is 0.670. The van der Waals surface area contributed by atoms with E-state index in [1.165, 1.54) is 22.5 Å². The summed E-state index contributed by atoms with van der Waals surface area (Å²) in [6, 6.07) is 9.99. The maximum atomic E-state index is 12.9. The minimum Gasteiger partial charge on any atom is -0.383 e. The Bertz CT molecular complexity index is 1110. The van der Waals surface area contributed by atoms with Crippen molar-refractivity contribution in [2.45, 2.75) is 25.4 Å². The van der Waals surface area contributed by atoms with Crippen LogP contribution in [0.15, 0.2) is 46.2 Å². The molecule has 1 aromatic carbocycles. The van der Waals surface area contributed by atoms with Gasteiger partial charge in [0.1, 0.15) is 6.54 Å². The summed E-state index contributed by atoms with van der Waals surface area (Å²) < 4.78 is 2.77. The SMILES string of the molecule is Cn1c(=O)[nH]c(=O)c2c1ncn2CC(=O)N1CCC[C@H]1CNc1ccccc1. The zero-order chi connectivity index (χ0) is 19.7. The summed E-state index contributed by atoms with van der Waals surface area (Å²) in [6.07, 6.45) is 3.32. The number of amides is 1. The molecule has 1 amide bonds. The third-order valence-corrected chi connectivity index (χ3v) is 5.19. The van der Waals surface area contributed by atoms with Gasteiger partial charge in [-0.15, -0.1) is 0 Å². The second-order valence-electron chi connectivity index (χ2n) is 6.99. The second kappa shape index (κ2) is 7.34. The van der Waals surface area contributed by atoms with E-state index in [4.69, 9.17) is 0 Å². The number of carbonyl (C=O) groups is 1. The van der Waals surface area contributed by atoms with E-state index >= 15 is 0 Å². The summed E-state index contributed by atoms with van der Waals surface area (Å²) in [7, 11) is 1.53. The molecule has 0 bridgehead atoms. The molecule has 146 valence electrons. The van der Waals surface area contributed by atoms with Crippen molar-refractivity contribution in [3.8, 4) is 0 Å². The van der Waals surface area contributed by atoms with Gasteiger partial charge in [0, 0.05) is 31.9 Å². The fraction of sp³-hybridized carbons (Fsp3) is 0.368. The number of carbonyl (C=O) groups excluding carboxylic acids is 1. The fourth-order valence-corrected chi connectivity index (χ4v) is 3.71. The minimum atomic E-state index is -0.535. The van der Waals surface area contributed by atoms with Crippen molar-refractivity contribution >= 4 is 22.8 Å². The first-order valence-corrected chi connectivity index (χ1v) is 9.27. The first kappa shape index (κ1) is 18.0. The first-order valence-electron chi connectivity index (χ1n) is 9.27. The number of hydrogen-bond donors (Lipinski definition) is 2. The van der Waals surface area contributed by atoms with Crippen LogP contribution in [-0.2, 0) is 18.4 Å². The molecule has 1 aliphatic rings. The van der Waals surface area contributed by atoms with E-state index in [-0.39, 0.29) is 29.7 Å². The van der Waals surface area contributed by atoms with Crippen molar-refractivity contribution < 1.29 is 4.79 Å². The highest BCUT2D eigenvalue weighted by atomic mass is 16.2. The highest BCUT2D eigenvalue weighted by molar-refractivity contribution is 5.79. The van der Waals surface area contributed by atoms with Crippen molar-refractivity contribution in [1.29, 1.82) is 0 Å². The van der Waals surface area contributed by atoms with Gasteiger partial charge < -0.3 is 14.8 Å². The lowest BCUT2D eigenvalue weighted by Crippen LogP contribution is -2.41. The van der Waals surface area contributed by atoms with Crippen molar-refractivity contribution in [1.82, 2.24) is 24.0 Å². The molecule has 0 aliphatic carbocycles. The Kier molecular flexibility index (Phi) is 4.72. The van der Waals surface area contributed by atoms with Gasteiger partial charge in [0.15, 0.2) is 11.2 Å². The summed E-state index contributed by atoms with van der Waals surface area (Å²) in [5, 5.41) is 3.38. The number of nitrogens with zero attached hydrogens (tertiary/aromatic N) is 4. The second-order valence-corrected chi connectivity index (χ2v) is 6.99. The predicted octanol–water partition coefficient (Wildman–Crippen LogP) is 0.526. The van der Waals surface area contributed by atoms with Gasteiger partial charge in [0.05, 0.1) is 6.33 Å². The van der Waals surface area contributed by atoms with Crippen molar-refractivity contribution in [3.05, 3.63) is 57.5 Å². The Morgan fingerprint density at radius 3 is 2.86 bits per heavy atom. The summed E-state index contributed by atoms with van der Waals surface area (Å²) >= 11 is 0. The van der Waals surface area contributed by atoms with Crippen LogP contribution in [0.25, 0.3) is 11.2 Å². The molecule has 1 fully saturated rings. The number of aromatic nitrogens is 4. The van der Waals surface area contributed by atoms with Crippen LogP contribution in [0.2, 0.25) is 0 Å². The predicted molar refractivity (Wildman–Crippen MR) is 105 cm³/mol. The van der Waals surface area contributed by atoms with E-state index in [0.29, 0.717) is 13.1 Å². The molecule has 0 radical (unpaired) electrons. The highest BCUT2D eigenvalue weighted by Gasteiger charge is 2.29. The Hall–Kier alpha value is -3.36. The molecule has 0 saturated carbocycles. The standard InChI is InChI=1S/C19H22N6O3/c1-23-17-16(18(27)22-19(23)28)24(12-21-17)11-15(26)25-9-5-8-14(25)10-20-13-6-3-2-4-7-13/h2-4,6-7,12,14,20H,5,8-11H2,1H3,(H,22,27,28)/t14-/m0/s1. The minimum absolute atomic E-state index is 0.0135. The number of nitrogens with one attached hydrogen (secondary N) is 2. The van der Waals surface area contributed by atoms with Crippen LogP contribution in [0, 0.1) is 0 Å².